The van der Waals surface area contributed by atoms with E-state index < -0.39 is 11.7 Å². The fraction of sp³-hybridized carbons (Fsp3) is 0.412. The zero-order valence-electron chi connectivity index (χ0n) is 13.7. The molecule has 0 bridgehead atoms. The molecule has 1 aliphatic rings. The van der Waals surface area contributed by atoms with E-state index in [4.69, 9.17) is 0 Å². The predicted molar refractivity (Wildman–Crippen MR) is 87.1 cm³/mol. The number of halogens is 1. The van der Waals surface area contributed by atoms with E-state index in [1.165, 1.54) is 18.2 Å². The van der Waals surface area contributed by atoms with Gasteiger partial charge in [-0.25, -0.2) is 4.39 Å². The second-order valence-corrected chi connectivity index (χ2v) is 6.08. The molecule has 0 spiro atoms. The summed E-state index contributed by atoms with van der Waals surface area (Å²) in [5.74, 6) is -1.44. The monoisotopic (exact) mass is 332 g/mol. The van der Waals surface area contributed by atoms with Crippen molar-refractivity contribution in [1.82, 2.24) is 19.6 Å². The van der Waals surface area contributed by atoms with E-state index in [1.807, 2.05) is 19.4 Å². The molecule has 0 saturated carbocycles. The zero-order valence-corrected chi connectivity index (χ0v) is 13.7. The molecule has 1 aromatic heterocycles. The van der Waals surface area contributed by atoms with Gasteiger partial charge in [0.25, 0.3) is 5.91 Å². The van der Waals surface area contributed by atoms with Crippen LogP contribution in [0.5, 0.6) is 5.75 Å². The average Bonchev–Trinajstić information content (AvgIpc) is 2.81. The van der Waals surface area contributed by atoms with Gasteiger partial charge in [0.1, 0.15) is 17.1 Å². The van der Waals surface area contributed by atoms with E-state index in [9.17, 15) is 14.3 Å². The van der Waals surface area contributed by atoms with Crippen molar-refractivity contribution < 1.29 is 14.3 Å². The molecule has 0 atom stereocenters. The topological polar surface area (TPSA) is 61.6 Å². The number of amides is 1. The van der Waals surface area contributed by atoms with Crippen LogP contribution in [-0.4, -0.2) is 56.8 Å². The van der Waals surface area contributed by atoms with E-state index in [2.05, 4.69) is 10.00 Å². The molecule has 1 aromatic carbocycles. The highest BCUT2D eigenvalue weighted by molar-refractivity contribution is 5.97. The number of aromatic nitrogens is 2. The van der Waals surface area contributed by atoms with Crippen LogP contribution in [0.1, 0.15) is 22.3 Å². The van der Waals surface area contributed by atoms with Gasteiger partial charge in [-0.05, 0) is 18.6 Å². The van der Waals surface area contributed by atoms with Gasteiger partial charge in [0.15, 0.2) is 0 Å². The number of phenolic OH excluding ortho intramolecular Hbond substituents is 1. The first-order valence-electron chi connectivity index (χ1n) is 8.01. The largest absolute Gasteiger partial charge is 0.507 e. The Kier molecular flexibility index (Phi) is 4.80. The quantitative estimate of drug-likeness (QED) is 0.928. The maximum Gasteiger partial charge on any atom is 0.260 e. The third-order valence-electron chi connectivity index (χ3n) is 4.25. The number of carbonyl (C=O) groups is 1. The first-order chi connectivity index (χ1) is 11.5. The van der Waals surface area contributed by atoms with Crippen molar-refractivity contribution in [2.24, 2.45) is 7.05 Å². The molecule has 2 aromatic rings. The van der Waals surface area contributed by atoms with Crippen LogP contribution in [0.3, 0.4) is 0 Å². The Morgan fingerprint density at radius 1 is 1.29 bits per heavy atom. The molecule has 1 saturated heterocycles. The van der Waals surface area contributed by atoms with Gasteiger partial charge in [-0.15, -0.1) is 0 Å². The Morgan fingerprint density at radius 2 is 2.12 bits per heavy atom. The van der Waals surface area contributed by atoms with Gasteiger partial charge in [0.2, 0.25) is 0 Å². The van der Waals surface area contributed by atoms with Crippen LogP contribution >= 0.6 is 0 Å². The highest BCUT2D eigenvalue weighted by atomic mass is 19.1. The number of benzene rings is 1. The Labute approximate surface area is 140 Å². The number of hydrogen-bond acceptors (Lipinski definition) is 4. The van der Waals surface area contributed by atoms with Gasteiger partial charge >= 0.3 is 0 Å². The average molecular weight is 332 g/mol. The lowest BCUT2D eigenvalue weighted by atomic mass is 10.1. The van der Waals surface area contributed by atoms with Crippen LogP contribution in [0.25, 0.3) is 0 Å². The summed E-state index contributed by atoms with van der Waals surface area (Å²) in [4.78, 5) is 16.4. The highest BCUT2D eigenvalue weighted by Crippen LogP contribution is 2.22. The number of nitrogens with zero attached hydrogens (tertiary/aromatic N) is 4. The third kappa shape index (κ3) is 3.56. The molecule has 7 heteroatoms. The predicted octanol–water partition coefficient (Wildman–Crippen LogP) is 1.61. The molecule has 1 fully saturated rings. The van der Waals surface area contributed by atoms with Crippen molar-refractivity contribution in [3.05, 3.63) is 47.5 Å². The summed E-state index contributed by atoms with van der Waals surface area (Å²) >= 11 is 0. The normalized spacial score (nSPS) is 16.2. The van der Waals surface area contributed by atoms with Gasteiger partial charge in [-0.3, -0.25) is 14.4 Å². The fourth-order valence-electron chi connectivity index (χ4n) is 3.03. The molecule has 24 heavy (non-hydrogen) atoms. The van der Waals surface area contributed by atoms with Gasteiger partial charge in [-0.2, -0.15) is 5.10 Å². The number of hydrogen-bond donors (Lipinski definition) is 1. The smallest absolute Gasteiger partial charge is 0.260 e. The molecular formula is C17H21FN4O2. The summed E-state index contributed by atoms with van der Waals surface area (Å²) < 4.78 is 15.7. The minimum atomic E-state index is -0.684. The third-order valence-corrected chi connectivity index (χ3v) is 4.25. The maximum absolute atomic E-state index is 13.9. The number of aryl methyl sites for hydroxylation is 1. The van der Waals surface area contributed by atoms with Crippen molar-refractivity contribution >= 4 is 5.91 Å². The summed E-state index contributed by atoms with van der Waals surface area (Å²) in [5.41, 5.74) is 0.891. The second kappa shape index (κ2) is 7.00. The van der Waals surface area contributed by atoms with Crippen molar-refractivity contribution in [1.29, 1.82) is 0 Å². The molecule has 0 radical (unpaired) electrons. The number of aromatic hydroxyl groups is 1. The summed E-state index contributed by atoms with van der Waals surface area (Å²) in [6.07, 6.45) is 4.62. The Morgan fingerprint density at radius 3 is 2.83 bits per heavy atom. The molecule has 6 nitrogen and oxygen atoms in total. The summed E-state index contributed by atoms with van der Waals surface area (Å²) in [6, 6.07) is 3.92. The summed E-state index contributed by atoms with van der Waals surface area (Å²) in [7, 11) is 1.88. The van der Waals surface area contributed by atoms with E-state index in [0.717, 1.165) is 25.1 Å². The SMILES string of the molecule is Cn1cc(CN2CCCN(C(=O)c3c(O)cccc3F)CC2)cn1. The number of phenols is 1. The molecule has 3 rings (SSSR count). The van der Waals surface area contributed by atoms with Crippen LogP contribution in [0.2, 0.25) is 0 Å². The molecular weight excluding hydrogens is 311 g/mol. The zero-order chi connectivity index (χ0) is 17.1. The first kappa shape index (κ1) is 16.4. The van der Waals surface area contributed by atoms with Crippen molar-refractivity contribution in [2.75, 3.05) is 26.2 Å². The highest BCUT2D eigenvalue weighted by Gasteiger charge is 2.25. The molecule has 1 aliphatic heterocycles. The Balaban J connectivity index is 1.66. The van der Waals surface area contributed by atoms with E-state index >= 15 is 0 Å². The first-order valence-corrected chi connectivity index (χ1v) is 8.01. The second-order valence-electron chi connectivity index (χ2n) is 6.08. The lowest BCUT2D eigenvalue weighted by molar-refractivity contribution is 0.0753. The van der Waals surface area contributed by atoms with Crippen LogP contribution in [0.4, 0.5) is 4.39 Å². The maximum atomic E-state index is 13.9. The van der Waals surface area contributed by atoms with Crippen LogP contribution in [0, 0.1) is 5.82 Å². The van der Waals surface area contributed by atoms with E-state index in [0.29, 0.717) is 19.6 Å². The van der Waals surface area contributed by atoms with Gasteiger partial charge < -0.3 is 10.0 Å². The van der Waals surface area contributed by atoms with Gasteiger partial charge in [-0.1, -0.05) is 6.07 Å². The van der Waals surface area contributed by atoms with Crippen molar-refractivity contribution in [3.8, 4) is 5.75 Å². The number of rotatable bonds is 3. The fourth-order valence-corrected chi connectivity index (χ4v) is 3.03. The Bertz CT molecular complexity index is 711. The summed E-state index contributed by atoms with van der Waals surface area (Å²) in [6.45, 7) is 3.40. The van der Waals surface area contributed by atoms with E-state index in [-0.39, 0.29) is 11.3 Å². The van der Waals surface area contributed by atoms with Crippen molar-refractivity contribution in [3.63, 3.8) is 0 Å². The van der Waals surface area contributed by atoms with Crippen LogP contribution < -0.4 is 0 Å². The molecule has 1 N–H and O–H groups in total. The summed E-state index contributed by atoms with van der Waals surface area (Å²) in [5, 5.41) is 14.0. The lowest BCUT2D eigenvalue weighted by Gasteiger charge is -2.22. The molecule has 128 valence electrons. The van der Waals surface area contributed by atoms with Crippen LogP contribution in [0.15, 0.2) is 30.6 Å². The Hall–Kier alpha value is -2.41. The molecule has 0 unspecified atom stereocenters. The van der Waals surface area contributed by atoms with Crippen molar-refractivity contribution in [2.45, 2.75) is 13.0 Å². The standard InChI is InChI=1S/C17H21FN4O2/c1-20-11-13(10-19-20)12-21-6-3-7-22(9-8-21)17(24)16-14(18)4-2-5-15(16)23/h2,4-5,10-11,23H,3,6-9,12H2,1H3. The van der Waals surface area contributed by atoms with Crippen LogP contribution in [-0.2, 0) is 13.6 Å². The molecule has 0 aliphatic carbocycles. The number of carbonyl (C=O) groups excluding carboxylic acids is 1. The molecule has 2 heterocycles. The van der Waals surface area contributed by atoms with E-state index in [1.54, 1.807) is 9.58 Å². The van der Waals surface area contributed by atoms with Gasteiger partial charge in [0.05, 0.1) is 6.20 Å². The lowest BCUT2D eigenvalue weighted by Crippen LogP contribution is -2.35. The minimum Gasteiger partial charge on any atom is -0.507 e. The molecule has 1 amide bonds. The van der Waals surface area contributed by atoms with Gasteiger partial charge in [0, 0.05) is 51.5 Å². The minimum absolute atomic E-state index is 0.238.